The van der Waals surface area contributed by atoms with Crippen molar-refractivity contribution < 1.29 is 0 Å². The Labute approximate surface area is 84.8 Å². The summed E-state index contributed by atoms with van der Waals surface area (Å²) in [6, 6.07) is 4.15. The molecule has 0 aliphatic heterocycles. The number of likely N-dealkylation sites (N-methyl/N-ethyl adjacent to an activating group) is 1. The van der Waals surface area contributed by atoms with E-state index in [0.717, 1.165) is 18.4 Å². The summed E-state index contributed by atoms with van der Waals surface area (Å²) in [4.78, 5) is 15.9. The smallest absolute Gasteiger partial charge is 0.248 e. The van der Waals surface area contributed by atoms with Gasteiger partial charge in [-0.25, -0.2) is 0 Å². The minimum absolute atomic E-state index is 0.0175. The van der Waals surface area contributed by atoms with Gasteiger partial charge in [-0.15, -0.1) is 0 Å². The lowest BCUT2D eigenvalue weighted by atomic mass is 10.0. The number of pyridine rings is 1. The van der Waals surface area contributed by atoms with Crippen molar-refractivity contribution in [2.45, 2.75) is 25.8 Å². The van der Waals surface area contributed by atoms with E-state index in [1.807, 2.05) is 6.07 Å². The molecule has 1 aromatic heterocycles. The van der Waals surface area contributed by atoms with Crippen molar-refractivity contribution in [1.82, 2.24) is 9.88 Å². The van der Waals surface area contributed by atoms with Crippen molar-refractivity contribution in [1.29, 1.82) is 0 Å². The maximum atomic E-state index is 11.1. The molecule has 0 aromatic carbocycles. The van der Waals surface area contributed by atoms with Crippen molar-refractivity contribution in [2.24, 2.45) is 0 Å². The van der Waals surface area contributed by atoms with Gasteiger partial charge in [0.05, 0.1) is 0 Å². The molecule has 1 rings (SSSR count). The van der Waals surface area contributed by atoms with Gasteiger partial charge >= 0.3 is 0 Å². The highest BCUT2D eigenvalue weighted by molar-refractivity contribution is 5.11. The molecule has 0 saturated carbocycles. The first-order valence-electron chi connectivity index (χ1n) is 4.97. The average Bonchev–Trinajstić information content (AvgIpc) is 2.14. The fraction of sp³-hybridized carbons (Fsp3) is 0.545. The Kier molecular flexibility index (Phi) is 3.89. The zero-order chi connectivity index (χ0) is 10.6. The molecular formula is C11H18N2O. The van der Waals surface area contributed by atoms with Crippen LogP contribution < -0.4 is 5.56 Å². The number of nitrogens with one attached hydrogen (secondary N) is 1. The first-order valence-corrected chi connectivity index (χ1v) is 4.97. The fourth-order valence-corrected chi connectivity index (χ4v) is 1.58. The molecule has 3 nitrogen and oxygen atoms in total. The molecule has 1 atom stereocenters. The molecule has 3 heteroatoms. The minimum Gasteiger partial charge on any atom is -0.329 e. The van der Waals surface area contributed by atoms with E-state index in [4.69, 9.17) is 0 Å². The Morgan fingerprint density at radius 1 is 1.50 bits per heavy atom. The highest BCUT2D eigenvalue weighted by Crippen LogP contribution is 2.07. The third-order valence-electron chi connectivity index (χ3n) is 2.51. The van der Waals surface area contributed by atoms with Gasteiger partial charge in [0.25, 0.3) is 0 Å². The maximum absolute atomic E-state index is 11.1. The number of hydrogen-bond donors (Lipinski definition) is 1. The number of aromatic nitrogens is 1. The monoisotopic (exact) mass is 194 g/mol. The summed E-state index contributed by atoms with van der Waals surface area (Å²) in [5.41, 5.74) is 1.09. The van der Waals surface area contributed by atoms with Gasteiger partial charge in [0.15, 0.2) is 0 Å². The highest BCUT2D eigenvalue weighted by atomic mass is 16.1. The quantitative estimate of drug-likeness (QED) is 0.783. The second kappa shape index (κ2) is 4.96. The zero-order valence-corrected chi connectivity index (χ0v) is 9.08. The van der Waals surface area contributed by atoms with Crippen molar-refractivity contribution >= 4 is 0 Å². The van der Waals surface area contributed by atoms with Gasteiger partial charge in [-0.1, -0.05) is 6.92 Å². The molecule has 1 heterocycles. The van der Waals surface area contributed by atoms with E-state index in [2.05, 4.69) is 30.9 Å². The van der Waals surface area contributed by atoms with Crippen LogP contribution in [0.4, 0.5) is 0 Å². The van der Waals surface area contributed by atoms with Crippen molar-refractivity contribution in [3.05, 3.63) is 34.2 Å². The summed E-state index contributed by atoms with van der Waals surface area (Å²) in [5.74, 6) is 0. The van der Waals surface area contributed by atoms with Crippen LogP contribution in [0.25, 0.3) is 0 Å². The predicted octanol–water partition coefficient (Wildman–Crippen LogP) is 1.26. The lowest BCUT2D eigenvalue weighted by Gasteiger charge is -2.22. The third kappa shape index (κ3) is 3.00. The second-order valence-corrected chi connectivity index (χ2v) is 3.79. The molecule has 14 heavy (non-hydrogen) atoms. The summed E-state index contributed by atoms with van der Waals surface area (Å²) >= 11 is 0. The van der Waals surface area contributed by atoms with Crippen LogP contribution in [0.3, 0.4) is 0 Å². The molecule has 0 aliphatic rings. The van der Waals surface area contributed by atoms with Crippen molar-refractivity contribution in [2.75, 3.05) is 14.1 Å². The first-order chi connectivity index (χ1) is 6.63. The van der Waals surface area contributed by atoms with Crippen LogP contribution >= 0.6 is 0 Å². The first kappa shape index (κ1) is 11.0. The molecule has 0 amide bonds. The number of hydrogen-bond acceptors (Lipinski definition) is 2. The number of H-pyrrole nitrogens is 1. The number of rotatable bonds is 4. The largest absolute Gasteiger partial charge is 0.329 e. The standard InChI is InChI=1S/C11H18N2O/c1-4-10(13(2)3)7-9-5-6-12-11(14)8-9/h5-6,8,10H,4,7H2,1-3H3,(H,12,14)/t10-/m1/s1. The second-order valence-electron chi connectivity index (χ2n) is 3.79. The summed E-state index contributed by atoms with van der Waals surface area (Å²) in [5, 5.41) is 0. The lowest BCUT2D eigenvalue weighted by molar-refractivity contribution is 0.284. The molecule has 0 spiro atoms. The highest BCUT2D eigenvalue weighted by Gasteiger charge is 2.09. The van der Waals surface area contributed by atoms with Gasteiger partial charge < -0.3 is 9.88 Å². The Morgan fingerprint density at radius 2 is 2.21 bits per heavy atom. The number of nitrogens with zero attached hydrogens (tertiary/aromatic N) is 1. The van der Waals surface area contributed by atoms with E-state index in [0.29, 0.717) is 6.04 Å². The topological polar surface area (TPSA) is 36.1 Å². The van der Waals surface area contributed by atoms with Crippen molar-refractivity contribution in [3.8, 4) is 0 Å². The number of aromatic amines is 1. The van der Waals surface area contributed by atoms with Gasteiger partial charge in [0.1, 0.15) is 0 Å². The predicted molar refractivity (Wildman–Crippen MR) is 58.5 cm³/mol. The van der Waals surface area contributed by atoms with Gasteiger partial charge in [-0.05, 0) is 38.6 Å². The summed E-state index contributed by atoms with van der Waals surface area (Å²) in [6.07, 6.45) is 3.74. The Bertz CT molecular complexity index is 330. The van der Waals surface area contributed by atoms with E-state index in [1.54, 1.807) is 12.3 Å². The van der Waals surface area contributed by atoms with Gasteiger partial charge in [-0.2, -0.15) is 0 Å². The SMILES string of the molecule is CC[C@H](Cc1cc[nH]c(=O)c1)N(C)C. The van der Waals surface area contributed by atoms with E-state index in [1.165, 1.54) is 0 Å². The van der Waals surface area contributed by atoms with Crippen LogP contribution in [-0.2, 0) is 6.42 Å². The molecule has 1 N–H and O–H groups in total. The minimum atomic E-state index is -0.0175. The average molecular weight is 194 g/mol. The molecule has 1 aromatic rings. The molecule has 0 saturated heterocycles. The van der Waals surface area contributed by atoms with Crippen LogP contribution in [-0.4, -0.2) is 30.0 Å². The third-order valence-corrected chi connectivity index (χ3v) is 2.51. The molecular weight excluding hydrogens is 176 g/mol. The normalized spacial score (nSPS) is 13.1. The van der Waals surface area contributed by atoms with Crippen LogP contribution in [0, 0.1) is 0 Å². The molecule has 78 valence electrons. The van der Waals surface area contributed by atoms with Gasteiger partial charge in [-0.3, -0.25) is 4.79 Å². The van der Waals surface area contributed by atoms with Gasteiger partial charge in [0, 0.05) is 18.3 Å². The summed E-state index contributed by atoms with van der Waals surface area (Å²) in [6.45, 7) is 2.16. The molecule has 0 bridgehead atoms. The summed E-state index contributed by atoms with van der Waals surface area (Å²) in [7, 11) is 4.14. The van der Waals surface area contributed by atoms with Gasteiger partial charge in [0.2, 0.25) is 5.56 Å². The molecule has 0 radical (unpaired) electrons. The van der Waals surface area contributed by atoms with E-state index in [-0.39, 0.29) is 5.56 Å². The Hall–Kier alpha value is -1.09. The van der Waals surface area contributed by atoms with E-state index in [9.17, 15) is 4.79 Å². The zero-order valence-electron chi connectivity index (χ0n) is 9.08. The Morgan fingerprint density at radius 3 is 2.71 bits per heavy atom. The molecule has 0 unspecified atom stereocenters. The van der Waals surface area contributed by atoms with E-state index < -0.39 is 0 Å². The summed E-state index contributed by atoms with van der Waals surface area (Å²) < 4.78 is 0. The van der Waals surface area contributed by atoms with Crippen LogP contribution in [0.2, 0.25) is 0 Å². The van der Waals surface area contributed by atoms with E-state index >= 15 is 0 Å². The van der Waals surface area contributed by atoms with Crippen molar-refractivity contribution in [3.63, 3.8) is 0 Å². The van der Waals surface area contributed by atoms with Crippen LogP contribution in [0.5, 0.6) is 0 Å². The lowest BCUT2D eigenvalue weighted by Crippen LogP contribution is -2.29. The van der Waals surface area contributed by atoms with Crippen LogP contribution in [0.15, 0.2) is 23.1 Å². The molecule has 0 fully saturated rings. The molecule has 0 aliphatic carbocycles. The van der Waals surface area contributed by atoms with Crippen LogP contribution in [0.1, 0.15) is 18.9 Å². The maximum Gasteiger partial charge on any atom is 0.248 e. The fourth-order valence-electron chi connectivity index (χ4n) is 1.58. The Balaban J connectivity index is 2.72.